The summed E-state index contributed by atoms with van der Waals surface area (Å²) in [6.07, 6.45) is 0. The van der Waals surface area contributed by atoms with Gasteiger partial charge in [-0.15, -0.1) is 0 Å². The summed E-state index contributed by atoms with van der Waals surface area (Å²) >= 11 is 0. The lowest BCUT2D eigenvalue weighted by atomic mass is 10.1. The van der Waals surface area contributed by atoms with Gasteiger partial charge in [0.15, 0.2) is 6.61 Å². The number of methoxy groups -OCH3 is 1. The van der Waals surface area contributed by atoms with Crippen molar-refractivity contribution in [2.75, 3.05) is 13.7 Å². The van der Waals surface area contributed by atoms with Crippen LogP contribution in [0.25, 0.3) is 0 Å². The number of carbonyl (C=O) groups is 1. The van der Waals surface area contributed by atoms with Crippen LogP contribution in [0.5, 0.6) is 11.5 Å². The van der Waals surface area contributed by atoms with E-state index in [0.29, 0.717) is 5.75 Å². The van der Waals surface area contributed by atoms with Gasteiger partial charge in [0.05, 0.1) is 12.8 Å². The van der Waals surface area contributed by atoms with Crippen LogP contribution in [0.1, 0.15) is 18.1 Å². The summed E-state index contributed by atoms with van der Waals surface area (Å²) in [5.41, 5.74) is 5.37. The molecule has 0 radical (unpaired) electrons. The predicted octanol–water partition coefficient (Wildman–Crippen LogP) is 2.92. The summed E-state index contributed by atoms with van der Waals surface area (Å²) in [4.78, 5) is 11.8. The second-order valence-electron chi connectivity index (χ2n) is 5.06. The molecule has 2 rings (SSSR count). The third-order valence-electron chi connectivity index (χ3n) is 3.25. The molecule has 0 aliphatic rings. The highest BCUT2D eigenvalue weighted by Crippen LogP contribution is 2.16. The monoisotopic (exact) mass is 312 g/mol. The van der Waals surface area contributed by atoms with Crippen molar-refractivity contribution in [1.29, 1.82) is 0 Å². The Labute approximate surface area is 135 Å². The van der Waals surface area contributed by atoms with Crippen LogP contribution >= 0.6 is 0 Å². The number of aryl methyl sites for hydroxylation is 1. The van der Waals surface area contributed by atoms with Crippen LogP contribution in [0.15, 0.2) is 53.6 Å². The molecule has 0 fully saturated rings. The third-order valence-corrected chi connectivity index (χ3v) is 3.25. The number of rotatable bonds is 6. The number of nitrogens with zero attached hydrogens (tertiary/aromatic N) is 1. The summed E-state index contributed by atoms with van der Waals surface area (Å²) < 4.78 is 10.4. The Morgan fingerprint density at radius 3 is 2.26 bits per heavy atom. The number of hydrogen-bond acceptors (Lipinski definition) is 4. The van der Waals surface area contributed by atoms with Gasteiger partial charge in [-0.1, -0.05) is 29.8 Å². The minimum atomic E-state index is -0.313. The van der Waals surface area contributed by atoms with Crippen LogP contribution in [0.4, 0.5) is 0 Å². The molecule has 0 aromatic heterocycles. The number of benzene rings is 2. The summed E-state index contributed by atoms with van der Waals surface area (Å²) in [7, 11) is 1.59. The van der Waals surface area contributed by atoms with Crippen molar-refractivity contribution in [3.05, 3.63) is 59.7 Å². The highest BCUT2D eigenvalue weighted by atomic mass is 16.5. The van der Waals surface area contributed by atoms with Gasteiger partial charge in [-0.05, 0) is 43.7 Å². The van der Waals surface area contributed by atoms with E-state index in [1.165, 1.54) is 5.56 Å². The molecule has 1 N–H and O–H groups in total. The molecule has 0 aliphatic carbocycles. The largest absolute Gasteiger partial charge is 0.497 e. The molecule has 2 aromatic carbocycles. The molecule has 5 nitrogen and oxygen atoms in total. The quantitative estimate of drug-likeness (QED) is 0.659. The zero-order valence-corrected chi connectivity index (χ0v) is 13.5. The van der Waals surface area contributed by atoms with E-state index in [0.717, 1.165) is 17.0 Å². The van der Waals surface area contributed by atoms with E-state index in [2.05, 4.69) is 10.5 Å². The lowest BCUT2D eigenvalue weighted by molar-refractivity contribution is -0.123. The normalized spacial score (nSPS) is 11.0. The van der Waals surface area contributed by atoms with Gasteiger partial charge >= 0.3 is 0 Å². The average Bonchev–Trinajstić information content (AvgIpc) is 2.59. The van der Waals surface area contributed by atoms with Crippen molar-refractivity contribution in [3.8, 4) is 11.5 Å². The van der Waals surface area contributed by atoms with E-state index in [-0.39, 0.29) is 12.5 Å². The first-order valence-electron chi connectivity index (χ1n) is 7.25. The molecule has 0 saturated carbocycles. The average molecular weight is 312 g/mol. The van der Waals surface area contributed by atoms with Gasteiger partial charge < -0.3 is 9.47 Å². The van der Waals surface area contributed by atoms with E-state index in [1.54, 1.807) is 31.4 Å². The van der Waals surface area contributed by atoms with E-state index < -0.39 is 0 Å². The smallest absolute Gasteiger partial charge is 0.277 e. The third kappa shape index (κ3) is 5.14. The first kappa shape index (κ1) is 16.5. The Kier molecular flexibility index (Phi) is 5.74. The highest BCUT2D eigenvalue weighted by Gasteiger charge is 2.03. The van der Waals surface area contributed by atoms with Gasteiger partial charge in [-0.2, -0.15) is 5.10 Å². The molecule has 0 spiro atoms. The SMILES string of the molecule is COc1ccc(OCC(=O)NN=C(C)c2ccc(C)cc2)cc1. The lowest BCUT2D eigenvalue weighted by Crippen LogP contribution is -2.25. The van der Waals surface area contributed by atoms with Crippen LogP contribution in [0, 0.1) is 6.92 Å². The van der Waals surface area contributed by atoms with E-state index in [9.17, 15) is 4.79 Å². The molecule has 0 unspecified atom stereocenters. The first-order chi connectivity index (χ1) is 11.1. The topological polar surface area (TPSA) is 59.9 Å². The van der Waals surface area contributed by atoms with E-state index >= 15 is 0 Å². The van der Waals surface area contributed by atoms with E-state index in [4.69, 9.17) is 9.47 Å². The van der Waals surface area contributed by atoms with E-state index in [1.807, 2.05) is 38.1 Å². The van der Waals surface area contributed by atoms with Crippen molar-refractivity contribution in [3.63, 3.8) is 0 Å². The van der Waals surface area contributed by atoms with Crippen LogP contribution < -0.4 is 14.9 Å². The maximum Gasteiger partial charge on any atom is 0.277 e. The Morgan fingerprint density at radius 2 is 1.65 bits per heavy atom. The molecule has 2 aromatic rings. The van der Waals surface area contributed by atoms with Crippen molar-refractivity contribution in [2.24, 2.45) is 5.10 Å². The second-order valence-corrected chi connectivity index (χ2v) is 5.06. The fourth-order valence-corrected chi connectivity index (χ4v) is 1.86. The standard InChI is InChI=1S/C18H20N2O3/c1-13-4-6-15(7-5-13)14(2)19-20-18(21)12-23-17-10-8-16(22-3)9-11-17/h4-11H,12H2,1-3H3,(H,20,21). The molecule has 23 heavy (non-hydrogen) atoms. The van der Waals surface area contributed by atoms with Crippen molar-refractivity contribution in [2.45, 2.75) is 13.8 Å². The number of ether oxygens (including phenoxy) is 2. The Hall–Kier alpha value is -2.82. The number of nitrogens with one attached hydrogen (secondary N) is 1. The second kappa shape index (κ2) is 7.98. The molecule has 5 heteroatoms. The zero-order valence-electron chi connectivity index (χ0n) is 13.5. The molecular weight excluding hydrogens is 292 g/mol. The predicted molar refractivity (Wildman–Crippen MR) is 90.0 cm³/mol. The van der Waals surface area contributed by atoms with Crippen LogP contribution in [-0.4, -0.2) is 25.3 Å². The summed E-state index contributed by atoms with van der Waals surface area (Å²) in [5, 5.41) is 4.08. The highest BCUT2D eigenvalue weighted by molar-refractivity contribution is 5.99. The number of carbonyl (C=O) groups excluding carboxylic acids is 1. The van der Waals surface area contributed by atoms with Crippen LogP contribution in [0.3, 0.4) is 0 Å². The molecule has 0 atom stereocenters. The van der Waals surface area contributed by atoms with Crippen molar-refractivity contribution in [1.82, 2.24) is 5.43 Å². The van der Waals surface area contributed by atoms with Gasteiger partial charge in [0.1, 0.15) is 11.5 Å². The molecule has 0 saturated heterocycles. The van der Waals surface area contributed by atoms with Crippen molar-refractivity contribution >= 4 is 11.6 Å². The van der Waals surface area contributed by atoms with Gasteiger partial charge in [0.25, 0.3) is 5.91 Å². The van der Waals surface area contributed by atoms with Gasteiger partial charge in [-0.3, -0.25) is 4.79 Å². The fourth-order valence-electron chi connectivity index (χ4n) is 1.86. The maximum absolute atomic E-state index is 11.8. The summed E-state index contributed by atoms with van der Waals surface area (Å²) in [6.45, 7) is 3.76. The molecule has 120 valence electrons. The van der Waals surface area contributed by atoms with Gasteiger partial charge in [0, 0.05) is 0 Å². The molecule has 0 bridgehead atoms. The lowest BCUT2D eigenvalue weighted by Gasteiger charge is -2.07. The summed E-state index contributed by atoms with van der Waals surface area (Å²) in [6, 6.07) is 15.0. The molecular formula is C18H20N2O3. The zero-order chi connectivity index (χ0) is 16.7. The number of hydrazone groups is 1. The molecule has 0 heterocycles. The first-order valence-corrected chi connectivity index (χ1v) is 7.25. The fraction of sp³-hybridized carbons (Fsp3) is 0.222. The minimum Gasteiger partial charge on any atom is -0.497 e. The van der Waals surface area contributed by atoms with Gasteiger partial charge in [0.2, 0.25) is 0 Å². The summed E-state index contributed by atoms with van der Waals surface area (Å²) in [5.74, 6) is 1.02. The Bertz CT molecular complexity index is 676. The van der Waals surface area contributed by atoms with Gasteiger partial charge in [-0.25, -0.2) is 5.43 Å². The van der Waals surface area contributed by atoms with Crippen molar-refractivity contribution < 1.29 is 14.3 Å². The van der Waals surface area contributed by atoms with Crippen LogP contribution in [-0.2, 0) is 4.79 Å². The van der Waals surface area contributed by atoms with Crippen LogP contribution in [0.2, 0.25) is 0 Å². The minimum absolute atomic E-state index is 0.100. The molecule has 1 amide bonds. The molecule has 0 aliphatic heterocycles. The number of hydrogen-bond donors (Lipinski definition) is 1. The maximum atomic E-state index is 11.8. The number of amides is 1. The Balaban J connectivity index is 1.84. The Morgan fingerprint density at radius 1 is 1.04 bits per heavy atom.